The summed E-state index contributed by atoms with van der Waals surface area (Å²) in [6.45, 7) is 12.1. The fourth-order valence-electron chi connectivity index (χ4n) is 0.728. The monoisotopic (exact) mass is 244 g/mol. The van der Waals surface area contributed by atoms with Gasteiger partial charge in [-0.15, -0.1) is 11.1 Å². The van der Waals surface area contributed by atoms with Crippen molar-refractivity contribution in [3.05, 3.63) is 0 Å². The normalized spacial score (nSPS) is 15.0. The lowest BCUT2D eigenvalue weighted by Crippen LogP contribution is -2.52. The molecule has 0 aromatic rings. The van der Waals surface area contributed by atoms with Crippen LogP contribution in [0.2, 0.25) is 26.2 Å². The van der Waals surface area contributed by atoms with Gasteiger partial charge in [-0.3, -0.25) is 0 Å². The van der Waals surface area contributed by atoms with E-state index in [1.807, 2.05) is 26.9 Å². The van der Waals surface area contributed by atoms with Gasteiger partial charge in [0.15, 0.2) is 7.38 Å². The maximum Gasteiger partial charge on any atom is 0.284 e. The standard InChI is InChI=1S/C7H18Cl2OSi2/c1-7(2,11(3,4)8)10-12(5,6)9/h1-6H3. The van der Waals surface area contributed by atoms with Crippen LogP contribution in [-0.4, -0.2) is 20.2 Å². The van der Waals surface area contributed by atoms with E-state index in [2.05, 4.69) is 13.1 Å². The van der Waals surface area contributed by atoms with Crippen LogP contribution in [0, 0.1) is 0 Å². The average molecular weight is 245 g/mol. The molecule has 0 aliphatic rings. The van der Waals surface area contributed by atoms with Gasteiger partial charge in [-0.1, -0.05) is 13.1 Å². The van der Waals surface area contributed by atoms with Gasteiger partial charge in [0.2, 0.25) is 0 Å². The first-order chi connectivity index (χ1) is 4.96. The van der Waals surface area contributed by atoms with Crippen molar-refractivity contribution in [2.75, 3.05) is 0 Å². The number of rotatable bonds is 3. The van der Waals surface area contributed by atoms with E-state index in [1.165, 1.54) is 0 Å². The molecule has 0 aromatic heterocycles. The SMILES string of the molecule is CC(C)(O[Si](C)(C)Cl)[Si](C)(C)Cl. The summed E-state index contributed by atoms with van der Waals surface area (Å²) in [7, 11) is -3.77. The first kappa shape index (κ1) is 13.0. The van der Waals surface area contributed by atoms with Gasteiger partial charge in [0.25, 0.3) is 7.63 Å². The minimum atomic E-state index is -1.98. The third-order valence-electron chi connectivity index (χ3n) is 1.93. The smallest absolute Gasteiger partial charge is 0.284 e. The lowest BCUT2D eigenvalue weighted by atomic mass is 10.5. The molecule has 0 bridgehead atoms. The summed E-state index contributed by atoms with van der Waals surface area (Å²) >= 11 is 12.4. The summed E-state index contributed by atoms with van der Waals surface area (Å²) in [4.78, 5) is 0. The molecule has 0 fully saturated rings. The van der Waals surface area contributed by atoms with E-state index in [0.717, 1.165) is 0 Å². The van der Waals surface area contributed by atoms with E-state index in [9.17, 15) is 0 Å². The first-order valence-corrected chi connectivity index (χ1v) is 12.0. The van der Waals surface area contributed by atoms with Gasteiger partial charge in [-0.05, 0) is 26.9 Å². The summed E-state index contributed by atoms with van der Waals surface area (Å²) in [5, 5.41) is -0.244. The van der Waals surface area contributed by atoms with Crippen LogP contribution in [0.1, 0.15) is 13.8 Å². The summed E-state index contributed by atoms with van der Waals surface area (Å²) in [6.07, 6.45) is 0. The fraction of sp³-hybridized carbons (Fsp3) is 1.00. The summed E-state index contributed by atoms with van der Waals surface area (Å²) in [5.74, 6) is 0. The Hall–Kier alpha value is 0.974. The zero-order valence-corrected chi connectivity index (χ0v) is 12.2. The molecule has 0 rings (SSSR count). The Balaban J connectivity index is 4.44. The average Bonchev–Trinajstić information content (AvgIpc) is 1.52. The van der Waals surface area contributed by atoms with Gasteiger partial charge in [-0.2, -0.15) is 11.1 Å². The quantitative estimate of drug-likeness (QED) is 0.544. The molecule has 0 aromatic carbocycles. The van der Waals surface area contributed by atoms with Crippen LogP contribution in [0.4, 0.5) is 0 Å². The van der Waals surface area contributed by atoms with E-state index < -0.39 is 15.0 Å². The zero-order chi connectivity index (χ0) is 10.2. The van der Waals surface area contributed by atoms with Crippen molar-refractivity contribution in [2.24, 2.45) is 0 Å². The molecular weight excluding hydrogens is 227 g/mol. The molecule has 0 spiro atoms. The lowest BCUT2D eigenvalue weighted by molar-refractivity contribution is 0.186. The number of hydrogen-bond acceptors (Lipinski definition) is 1. The van der Waals surface area contributed by atoms with Crippen molar-refractivity contribution < 1.29 is 4.43 Å². The van der Waals surface area contributed by atoms with Crippen molar-refractivity contribution in [3.8, 4) is 0 Å². The molecular formula is C7H18Cl2OSi2. The third-order valence-corrected chi connectivity index (χ3v) is 7.69. The molecule has 0 N–H and O–H groups in total. The summed E-state index contributed by atoms with van der Waals surface area (Å²) < 4.78 is 5.82. The van der Waals surface area contributed by atoms with Crippen LogP contribution in [0.3, 0.4) is 0 Å². The Morgan fingerprint density at radius 3 is 1.42 bits per heavy atom. The molecule has 74 valence electrons. The minimum Gasteiger partial charge on any atom is -0.399 e. The molecule has 0 radical (unpaired) electrons. The van der Waals surface area contributed by atoms with Crippen LogP contribution in [0.25, 0.3) is 0 Å². The van der Waals surface area contributed by atoms with Crippen molar-refractivity contribution in [2.45, 2.75) is 45.3 Å². The largest absolute Gasteiger partial charge is 0.399 e. The Morgan fingerprint density at radius 2 is 1.33 bits per heavy atom. The van der Waals surface area contributed by atoms with Crippen LogP contribution in [0.5, 0.6) is 0 Å². The van der Waals surface area contributed by atoms with Gasteiger partial charge in [0.05, 0.1) is 5.22 Å². The molecule has 0 amide bonds. The topological polar surface area (TPSA) is 9.23 Å². The highest BCUT2D eigenvalue weighted by atomic mass is 35.6. The molecule has 0 heterocycles. The molecule has 0 unspecified atom stereocenters. The highest BCUT2D eigenvalue weighted by Crippen LogP contribution is 2.31. The van der Waals surface area contributed by atoms with E-state index in [-0.39, 0.29) is 5.22 Å². The molecule has 0 saturated carbocycles. The first-order valence-electron chi connectivity index (χ1n) is 4.04. The second-order valence-corrected chi connectivity index (χ2v) is 17.1. The fourth-order valence-corrected chi connectivity index (χ4v) is 4.80. The maximum atomic E-state index is 6.31. The van der Waals surface area contributed by atoms with E-state index in [4.69, 9.17) is 26.6 Å². The predicted octanol–water partition coefficient (Wildman–Crippen LogP) is 3.71. The molecule has 0 aliphatic heterocycles. The third kappa shape index (κ3) is 4.28. The van der Waals surface area contributed by atoms with Gasteiger partial charge in [0, 0.05) is 0 Å². The van der Waals surface area contributed by atoms with E-state index in [0.29, 0.717) is 0 Å². The highest BCUT2D eigenvalue weighted by Gasteiger charge is 2.42. The second-order valence-electron chi connectivity index (χ2n) is 4.45. The Morgan fingerprint density at radius 1 is 1.00 bits per heavy atom. The van der Waals surface area contributed by atoms with Crippen LogP contribution in [-0.2, 0) is 4.43 Å². The summed E-state index contributed by atoms with van der Waals surface area (Å²) in [5.41, 5.74) is 0. The van der Waals surface area contributed by atoms with Gasteiger partial charge < -0.3 is 4.43 Å². The maximum absolute atomic E-state index is 6.31. The van der Waals surface area contributed by atoms with Crippen molar-refractivity contribution >= 4 is 37.2 Å². The van der Waals surface area contributed by atoms with Gasteiger partial charge >= 0.3 is 0 Å². The molecule has 12 heavy (non-hydrogen) atoms. The van der Waals surface area contributed by atoms with Crippen molar-refractivity contribution in [3.63, 3.8) is 0 Å². The van der Waals surface area contributed by atoms with E-state index >= 15 is 0 Å². The van der Waals surface area contributed by atoms with Crippen molar-refractivity contribution in [1.82, 2.24) is 0 Å². The molecule has 0 aliphatic carbocycles. The van der Waals surface area contributed by atoms with Gasteiger partial charge in [0.1, 0.15) is 0 Å². The predicted molar refractivity (Wildman–Crippen MR) is 61.8 cm³/mol. The molecule has 0 saturated heterocycles. The van der Waals surface area contributed by atoms with E-state index in [1.54, 1.807) is 0 Å². The molecule has 1 nitrogen and oxygen atoms in total. The van der Waals surface area contributed by atoms with Crippen LogP contribution < -0.4 is 0 Å². The van der Waals surface area contributed by atoms with Crippen LogP contribution >= 0.6 is 22.2 Å². The highest BCUT2D eigenvalue weighted by molar-refractivity contribution is 7.21. The van der Waals surface area contributed by atoms with Crippen LogP contribution in [0.15, 0.2) is 0 Å². The zero-order valence-electron chi connectivity index (χ0n) is 8.66. The van der Waals surface area contributed by atoms with Crippen molar-refractivity contribution in [1.29, 1.82) is 0 Å². The minimum absolute atomic E-state index is 0.244. The molecule has 5 heteroatoms. The lowest BCUT2D eigenvalue weighted by Gasteiger charge is -2.38. The summed E-state index contributed by atoms with van der Waals surface area (Å²) in [6, 6.07) is 0. The Kier molecular flexibility index (Phi) is 3.91. The Labute approximate surface area is 86.9 Å². The number of halogens is 2. The second kappa shape index (κ2) is 3.61. The van der Waals surface area contributed by atoms with Gasteiger partial charge in [-0.25, -0.2) is 0 Å². The Bertz CT molecular complexity index is 158. The molecule has 0 atom stereocenters. The number of hydrogen-bond donors (Lipinski definition) is 0.